The zero-order valence-corrected chi connectivity index (χ0v) is 11.8. The Bertz CT molecular complexity index is 336. The van der Waals surface area contributed by atoms with Crippen molar-refractivity contribution in [3.63, 3.8) is 0 Å². The molecule has 6 heteroatoms. The van der Waals surface area contributed by atoms with E-state index in [0.717, 1.165) is 31.6 Å². The third-order valence-corrected chi connectivity index (χ3v) is 4.97. The number of hydrogen-bond acceptors (Lipinski definition) is 4. The van der Waals surface area contributed by atoms with Crippen molar-refractivity contribution < 1.29 is 19.4 Å². The van der Waals surface area contributed by atoms with Crippen LogP contribution in [0.4, 0.5) is 0 Å². The fraction of sp³-hybridized carbons (Fsp3) is 0.846. The molecule has 0 bridgehead atoms. The van der Waals surface area contributed by atoms with Crippen molar-refractivity contribution in [2.75, 3.05) is 18.1 Å². The lowest BCUT2D eigenvalue weighted by Gasteiger charge is -2.26. The molecular weight excluding hydrogens is 266 g/mol. The predicted octanol–water partition coefficient (Wildman–Crippen LogP) is 1.41. The van der Waals surface area contributed by atoms with Crippen LogP contribution < -0.4 is 5.32 Å². The molecular formula is C13H21NO4S. The van der Waals surface area contributed by atoms with E-state index in [0.29, 0.717) is 25.0 Å². The minimum atomic E-state index is -1.05. The number of nitrogens with one attached hydrogen (secondary N) is 1. The van der Waals surface area contributed by atoms with Crippen molar-refractivity contribution in [3.05, 3.63) is 0 Å². The zero-order valence-electron chi connectivity index (χ0n) is 11.0. The van der Waals surface area contributed by atoms with Gasteiger partial charge in [-0.25, -0.2) is 4.79 Å². The Morgan fingerprint density at radius 1 is 1.42 bits per heavy atom. The molecule has 0 aromatic rings. The monoisotopic (exact) mass is 287 g/mol. The number of aliphatic carboxylic acids is 1. The number of carboxylic acids is 1. The maximum absolute atomic E-state index is 11.9. The Balaban J connectivity index is 1.78. The zero-order chi connectivity index (χ0) is 13.7. The second-order valence-corrected chi connectivity index (χ2v) is 6.37. The number of thioether (sulfide) groups is 1. The molecule has 2 heterocycles. The maximum atomic E-state index is 11.9. The van der Waals surface area contributed by atoms with Crippen molar-refractivity contribution in [2.24, 2.45) is 0 Å². The molecule has 0 saturated carbocycles. The summed E-state index contributed by atoms with van der Waals surface area (Å²) in [5.74, 6) is 0.172. The average molecular weight is 287 g/mol. The van der Waals surface area contributed by atoms with Crippen LogP contribution in [0.1, 0.15) is 38.5 Å². The molecule has 2 aliphatic rings. The van der Waals surface area contributed by atoms with Crippen molar-refractivity contribution in [1.29, 1.82) is 0 Å². The summed E-state index contributed by atoms with van der Waals surface area (Å²) in [6, 6.07) is 0. The first-order valence-corrected chi connectivity index (χ1v) is 8.02. The lowest BCUT2D eigenvalue weighted by molar-refractivity contribution is -0.146. The smallest absolute Gasteiger partial charge is 0.330 e. The molecule has 0 aliphatic carbocycles. The second-order valence-electron chi connectivity index (χ2n) is 5.27. The predicted molar refractivity (Wildman–Crippen MR) is 73.3 cm³/mol. The highest BCUT2D eigenvalue weighted by molar-refractivity contribution is 7.99. The van der Waals surface area contributed by atoms with Gasteiger partial charge >= 0.3 is 5.97 Å². The Morgan fingerprint density at radius 3 is 2.84 bits per heavy atom. The normalized spacial score (nSPS) is 31.1. The third-order valence-electron chi connectivity index (χ3n) is 3.78. The van der Waals surface area contributed by atoms with Crippen molar-refractivity contribution >= 4 is 23.6 Å². The lowest BCUT2D eigenvalue weighted by atomic mass is 9.98. The molecule has 0 spiro atoms. The first kappa shape index (κ1) is 14.7. The molecule has 0 radical (unpaired) electrons. The van der Waals surface area contributed by atoms with E-state index in [2.05, 4.69) is 5.32 Å². The van der Waals surface area contributed by atoms with Gasteiger partial charge < -0.3 is 15.2 Å². The van der Waals surface area contributed by atoms with Gasteiger partial charge in [0, 0.05) is 18.8 Å². The Kier molecular flexibility index (Phi) is 5.10. The highest BCUT2D eigenvalue weighted by atomic mass is 32.2. The average Bonchev–Trinajstić information content (AvgIpc) is 2.87. The van der Waals surface area contributed by atoms with Gasteiger partial charge in [-0.05, 0) is 37.9 Å². The topological polar surface area (TPSA) is 75.6 Å². The van der Waals surface area contributed by atoms with Crippen molar-refractivity contribution in [1.82, 2.24) is 5.32 Å². The molecule has 5 nitrogen and oxygen atoms in total. The standard InChI is InChI=1S/C13H21NO4S/c15-11(5-4-10-3-1-2-7-18-10)14-13(12(16)17)6-8-19-9-13/h10H,1-9H2,(H,14,15)(H,16,17)/t10-,13-/m1/s1. The molecule has 2 atom stereocenters. The SMILES string of the molecule is O=C(CC[C@H]1CCCCO1)N[C@]1(C(=O)O)CCSC1. The summed E-state index contributed by atoms with van der Waals surface area (Å²) < 4.78 is 5.57. The van der Waals surface area contributed by atoms with Crippen LogP contribution in [0.15, 0.2) is 0 Å². The number of carboxylic acid groups (broad SMARTS) is 1. The highest BCUT2D eigenvalue weighted by Crippen LogP contribution is 2.28. The van der Waals surface area contributed by atoms with E-state index in [-0.39, 0.29) is 12.0 Å². The minimum absolute atomic E-state index is 0.165. The highest BCUT2D eigenvalue weighted by Gasteiger charge is 2.43. The summed E-state index contributed by atoms with van der Waals surface area (Å²) in [6.45, 7) is 0.780. The van der Waals surface area contributed by atoms with Crippen LogP contribution in [0.2, 0.25) is 0 Å². The van der Waals surface area contributed by atoms with Gasteiger partial charge in [0.2, 0.25) is 5.91 Å². The van der Waals surface area contributed by atoms with Gasteiger partial charge in [-0.2, -0.15) is 11.8 Å². The van der Waals surface area contributed by atoms with Gasteiger partial charge in [-0.1, -0.05) is 0 Å². The number of carbonyl (C=O) groups excluding carboxylic acids is 1. The van der Waals surface area contributed by atoms with E-state index >= 15 is 0 Å². The van der Waals surface area contributed by atoms with E-state index < -0.39 is 11.5 Å². The molecule has 2 fully saturated rings. The van der Waals surface area contributed by atoms with E-state index in [4.69, 9.17) is 4.74 Å². The minimum Gasteiger partial charge on any atom is -0.479 e. The molecule has 2 N–H and O–H groups in total. The Hall–Kier alpha value is -0.750. The fourth-order valence-electron chi connectivity index (χ4n) is 2.54. The van der Waals surface area contributed by atoms with Crippen LogP contribution in [0, 0.1) is 0 Å². The molecule has 2 rings (SSSR count). The molecule has 19 heavy (non-hydrogen) atoms. The van der Waals surface area contributed by atoms with Crippen LogP contribution in [-0.2, 0) is 14.3 Å². The number of carbonyl (C=O) groups is 2. The first-order valence-electron chi connectivity index (χ1n) is 6.86. The number of ether oxygens (including phenoxy) is 1. The molecule has 0 aromatic carbocycles. The molecule has 1 amide bonds. The number of rotatable bonds is 5. The molecule has 0 unspecified atom stereocenters. The first-order chi connectivity index (χ1) is 9.12. The summed E-state index contributed by atoms with van der Waals surface area (Å²) in [7, 11) is 0. The second kappa shape index (κ2) is 6.61. The van der Waals surface area contributed by atoms with Crippen molar-refractivity contribution in [3.8, 4) is 0 Å². The van der Waals surface area contributed by atoms with Gasteiger partial charge in [0.05, 0.1) is 6.10 Å². The van der Waals surface area contributed by atoms with Crippen LogP contribution >= 0.6 is 11.8 Å². The Morgan fingerprint density at radius 2 is 2.26 bits per heavy atom. The quantitative estimate of drug-likeness (QED) is 0.799. The van der Waals surface area contributed by atoms with Crippen LogP contribution in [-0.4, -0.2) is 46.7 Å². The Labute approximate surface area is 117 Å². The van der Waals surface area contributed by atoms with E-state index in [1.165, 1.54) is 0 Å². The molecule has 0 aromatic heterocycles. The van der Waals surface area contributed by atoms with Gasteiger partial charge in [0.15, 0.2) is 0 Å². The summed E-state index contributed by atoms with van der Waals surface area (Å²) in [5.41, 5.74) is -1.05. The lowest BCUT2D eigenvalue weighted by Crippen LogP contribution is -2.54. The van der Waals surface area contributed by atoms with Gasteiger partial charge in [0.25, 0.3) is 0 Å². The van der Waals surface area contributed by atoms with Crippen LogP contribution in [0.5, 0.6) is 0 Å². The van der Waals surface area contributed by atoms with E-state index in [1.54, 1.807) is 11.8 Å². The summed E-state index contributed by atoms with van der Waals surface area (Å²) in [4.78, 5) is 23.2. The largest absolute Gasteiger partial charge is 0.479 e. The summed E-state index contributed by atoms with van der Waals surface area (Å²) in [5, 5.41) is 12.0. The number of hydrogen-bond donors (Lipinski definition) is 2. The van der Waals surface area contributed by atoms with Crippen LogP contribution in [0.3, 0.4) is 0 Å². The van der Waals surface area contributed by atoms with Gasteiger partial charge in [0.1, 0.15) is 5.54 Å². The molecule has 2 saturated heterocycles. The maximum Gasteiger partial charge on any atom is 0.330 e. The third kappa shape index (κ3) is 3.86. The van der Waals surface area contributed by atoms with Crippen LogP contribution in [0.25, 0.3) is 0 Å². The summed E-state index contributed by atoms with van der Waals surface area (Å²) >= 11 is 1.58. The van der Waals surface area contributed by atoms with E-state index in [1.807, 2.05) is 0 Å². The molecule has 108 valence electrons. The van der Waals surface area contributed by atoms with Gasteiger partial charge in [-0.3, -0.25) is 4.79 Å². The molecule has 2 aliphatic heterocycles. The van der Waals surface area contributed by atoms with Gasteiger partial charge in [-0.15, -0.1) is 0 Å². The van der Waals surface area contributed by atoms with E-state index in [9.17, 15) is 14.7 Å². The summed E-state index contributed by atoms with van der Waals surface area (Å²) in [6.07, 6.45) is 4.98. The van der Waals surface area contributed by atoms with Crippen molar-refractivity contribution in [2.45, 2.75) is 50.2 Å². The number of amides is 1. The fourth-order valence-corrected chi connectivity index (χ4v) is 3.87.